The predicted octanol–water partition coefficient (Wildman–Crippen LogP) is 2.93. The zero-order chi connectivity index (χ0) is 11.4. The van der Waals surface area contributed by atoms with Crippen molar-refractivity contribution in [3.63, 3.8) is 0 Å². The van der Waals surface area contributed by atoms with Crippen LogP contribution in [0.25, 0.3) is 10.9 Å². The van der Waals surface area contributed by atoms with Crippen LogP contribution in [0.3, 0.4) is 0 Å². The number of ether oxygens (including phenoxy) is 1. The van der Waals surface area contributed by atoms with E-state index in [-0.39, 0.29) is 0 Å². The minimum absolute atomic E-state index is 0.392. The second-order valence-corrected chi connectivity index (χ2v) is 3.29. The smallest absolute Gasteiger partial charge is 0.344 e. The van der Waals surface area contributed by atoms with Crippen LogP contribution in [0, 0.1) is 0 Å². The predicted molar refractivity (Wildman–Crippen MR) is 62.0 cm³/mol. The van der Waals surface area contributed by atoms with Crippen LogP contribution in [0.2, 0.25) is 0 Å². The molecular formula is C13H11NO2. The molecule has 0 aliphatic heterocycles. The fourth-order valence-electron chi connectivity index (χ4n) is 1.38. The quantitative estimate of drug-likeness (QED) is 0.568. The Balaban J connectivity index is 2.35. The highest BCUT2D eigenvalue weighted by atomic mass is 16.5. The lowest BCUT2D eigenvalue weighted by atomic mass is 10.2. The Bertz CT molecular complexity index is 546. The largest absolute Gasteiger partial charge is 0.431 e. The lowest BCUT2D eigenvalue weighted by Gasteiger charge is -2.00. The molecule has 0 bridgehead atoms. The molecule has 1 aromatic heterocycles. The Morgan fingerprint density at radius 3 is 3.00 bits per heavy atom. The van der Waals surface area contributed by atoms with Gasteiger partial charge >= 0.3 is 5.97 Å². The monoisotopic (exact) mass is 213 g/mol. The molecule has 80 valence electrons. The number of aromatic nitrogens is 1. The molecule has 0 saturated heterocycles. The van der Waals surface area contributed by atoms with Gasteiger partial charge in [-0.15, -0.1) is 0 Å². The van der Waals surface area contributed by atoms with Crippen LogP contribution in [0.15, 0.2) is 48.9 Å². The summed E-state index contributed by atoms with van der Waals surface area (Å²) in [6, 6.07) is 9.40. The molecule has 1 heterocycles. The molecule has 0 N–H and O–H groups in total. The number of carbonyl (C=O) groups is 1. The highest BCUT2D eigenvalue weighted by molar-refractivity contribution is 5.93. The van der Waals surface area contributed by atoms with Crippen molar-refractivity contribution in [1.29, 1.82) is 0 Å². The maximum Gasteiger partial charge on any atom is 0.344 e. The van der Waals surface area contributed by atoms with Crippen LogP contribution in [-0.4, -0.2) is 11.0 Å². The van der Waals surface area contributed by atoms with Crippen LogP contribution in [0.5, 0.6) is 0 Å². The molecule has 0 amide bonds. The van der Waals surface area contributed by atoms with Crippen molar-refractivity contribution in [2.24, 2.45) is 0 Å². The molecule has 1 aromatic carbocycles. The van der Waals surface area contributed by atoms with E-state index >= 15 is 0 Å². The minimum atomic E-state index is -0.392. The maximum atomic E-state index is 11.5. The fraction of sp³-hybridized carbons (Fsp3) is 0.0769. The molecule has 0 spiro atoms. The summed E-state index contributed by atoms with van der Waals surface area (Å²) in [5.41, 5.74) is 1.32. The van der Waals surface area contributed by atoms with E-state index in [1.807, 2.05) is 24.3 Å². The van der Waals surface area contributed by atoms with Gasteiger partial charge in [-0.05, 0) is 19.1 Å². The van der Waals surface area contributed by atoms with Crippen LogP contribution in [0.4, 0.5) is 0 Å². The van der Waals surface area contributed by atoms with Crippen LogP contribution in [-0.2, 0) is 4.74 Å². The Labute approximate surface area is 93.4 Å². The SMILES string of the molecule is CC=COC(=O)c1cnc2ccccc2c1. The van der Waals surface area contributed by atoms with E-state index in [0.29, 0.717) is 5.56 Å². The third-order valence-electron chi connectivity index (χ3n) is 2.14. The number of carbonyl (C=O) groups excluding carboxylic acids is 1. The van der Waals surface area contributed by atoms with E-state index in [2.05, 4.69) is 4.98 Å². The van der Waals surface area contributed by atoms with E-state index in [1.54, 1.807) is 19.1 Å². The van der Waals surface area contributed by atoms with E-state index in [1.165, 1.54) is 12.5 Å². The molecule has 16 heavy (non-hydrogen) atoms. The van der Waals surface area contributed by atoms with Gasteiger partial charge in [-0.3, -0.25) is 4.98 Å². The van der Waals surface area contributed by atoms with Gasteiger partial charge in [0.1, 0.15) is 0 Å². The molecule has 0 atom stereocenters. The number of benzene rings is 1. The van der Waals surface area contributed by atoms with Crippen molar-refractivity contribution >= 4 is 16.9 Å². The van der Waals surface area contributed by atoms with Gasteiger partial charge in [0.25, 0.3) is 0 Å². The number of fused-ring (bicyclic) bond motifs is 1. The Morgan fingerprint density at radius 2 is 2.19 bits per heavy atom. The third kappa shape index (κ3) is 2.08. The number of allylic oxidation sites excluding steroid dienone is 1. The van der Waals surface area contributed by atoms with Gasteiger partial charge in [0.05, 0.1) is 17.3 Å². The highest BCUT2D eigenvalue weighted by Gasteiger charge is 2.06. The van der Waals surface area contributed by atoms with Gasteiger partial charge in [0, 0.05) is 11.6 Å². The Hall–Kier alpha value is -2.16. The second-order valence-electron chi connectivity index (χ2n) is 3.29. The zero-order valence-electron chi connectivity index (χ0n) is 8.88. The molecule has 0 saturated carbocycles. The van der Waals surface area contributed by atoms with E-state index in [9.17, 15) is 4.79 Å². The van der Waals surface area contributed by atoms with Gasteiger partial charge in [-0.25, -0.2) is 4.79 Å². The number of para-hydroxylation sites is 1. The normalized spacial score (nSPS) is 10.8. The van der Waals surface area contributed by atoms with Crippen LogP contribution in [0.1, 0.15) is 17.3 Å². The molecular weight excluding hydrogens is 202 g/mol. The summed E-state index contributed by atoms with van der Waals surface area (Å²) in [4.78, 5) is 15.7. The first-order valence-corrected chi connectivity index (χ1v) is 4.98. The van der Waals surface area contributed by atoms with Crippen LogP contribution < -0.4 is 0 Å². The third-order valence-corrected chi connectivity index (χ3v) is 2.14. The summed E-state index contributed by atoms with van der Waals surface area (Å²) in [5, 5.41) is 0.928. The summed E-state index contributed by atoms with van der Waals surface area (Å²) in [6.07, 6.45) is 4.54. The number of rotatable bonds is 2. The van der Waals surface area contributed by atoms with Gasteiger partial charge in [-0.2, -0.15) is 0 Å². The summed E-state index contributed by atoms with van der Waals surface area (Å²) in [6.45, 7) is 1.78. The summed E-state index contributed by atoms with van der Waals surface area (Å²) < 4.78 is 4.87. The number of esters is 1. The first-order chi connectivity index (χ1) is 7.81. The zero-order valence-corrected chi connectivity index (χ0v) is 8.88. The molecule has 3 heteroatoms. The number of pyridine rings is 1. The first kappa shape index (κ1) is 10.4. The van der Waals surface area contributed by atoms with Crippen molar-refractivity contribution in [2.45, 2.75) is 6.92 Å². The Morgan fingerprint density at radius 1 is 1.38 bits per heavy atom. The molecule has 0 aliphatic rings. The van der Waals surface area contributed by atoms with E-state index < -0.39 is 5.97 Å². The lowest BCUT2D eigenvalue weighted by molar-refractivity contribution is 0.0662. The highest BCUT2D eigenvalue weighted by Crippen LogP contribution is 2.13. The lowest BCUT2D eigenvalue weighted by Crippen LogP contribution is -2.01. The van der Waals surface area contributed by atoms with E-state index in [4.69, 9.17) is 4.74 Å². The van der Waals surface area contributed by atoms with Crippen LogP contribution >= 0.6 is 0 Å². The second kappa shape index (κ2) is 4.57. The molecule has 3 nitrogen and oxygen atoms in total. The van der Waals surface area contributed by atoms with Gasteiger partial charge < -0.3 is 4.74 Å². The van der Waals surface area contributed by atoms with Gasteiger partial charge in [-0.1, -0.05) is 24.3 Å². The first-order valence-electron chi connectivity index (χ1n) is 4.98. The molecule has 0 aliphatic carbocycles. The number of hydrogen-bond acceptors (Lipinski definition) is 3. The number of nitrogens with zero attached hydrogens (tertiary/aromatic N) is 1. The fourth-order valence-corrected chi connectivity index (χ4v) is 1.38. The van der Waals surface area contributed by atoms with Gasteiger partial charge in [0.15, 0.2) is 0 Å². The van der Waals surface area contributed by atoms with Crippen molar-refractivity contribution in [2.75, 3.05) is 0 Å². The standard InChI is InChI=1S/C13H11NO2/c1-2-7-16-13(15)11-8-10-5-3-4-6-12(10)14-9-11/h2-9H,1H3. The van der Waals surface area contributed by atoms with E-state index in [0.717, 1.165) is 10.9 Å². The van der Waals surface area contributed by atoms with Crippen molar-refractivity contribution in [3.8, 4) is 0 Å². The molecule has 2 rings (SSSR count). The maximum absolute atomic E-state index is 11.5. The molecule has 0 unspecified atom stereocenters. The topological polar surface area (TPSA) is 39.2 Å². The summed E-state index contributed by atoms with van der Waals surface area (Å²) in [5.74, 6) is -0.392. The average Bonchev–Trinajstić information content (AvgIpc) is 2.35. The van der Waals surface area contributed by atoms with Crippen molar-refractivity contribution in [3.05, 3.63) is 54.4 Å². The Kier molecular flexibility index (Phi) is 2.96. The minimum Gasteiger partial charge on any atom is -0.431 e. The summed E-state index contributed by atoms with van der Waals surface area (Å²) in [7, 11) is 0. The van der Waals surface area contributed by atoms with Crippen molar-refractivity contribution in [1.82, 2.24) is 4.98 Å². The molecule has 0 fully saturated rings. The molecule has 0 radical (unpaired) electrons. The summed E-state index contributed by atoms with van der Waals surface area (Å²) >= 11 is 0. The van der Waals surface area contributed by atoms with Gasteiger partial charge in [0.2, 0.25) is 0 Å². The average molecular weight is 213 g/mol. The number of hydrogen-bond donors (Lipinski definition) is 0. The van der Waals surface area contributed by atoms with Crippen molar-refractivity contribution < 1.29 is 9.53 Å². The molecule has 2 aromatic rings.